The van der Waals surface area contributed by atoms with E-state index in [0.29, 0.717) is 48.6 Å². The predicted octanol–water partition coefficient (Wildman–Crippen LogP) is 4.42. The lowest BCUT2D eigenvalue weighted by Crippen LogP contribution is -2.21. The van der Waals surface area contributed by atoms with Crippen LogP contribution in [-0.4, -0.2) is 12.9 Å². The van der Waals surface area contributed by atoms with Crippen LogP contribution in [0.1, 0.15) is 36.8 Å². The average molecular weight is 361 g/mol. The molecule has 2 aliphatic rings. The third-order valence-electron chi connectivity index (χ3n) is 6.04. The highest BCUT2D eigenvalue weighted by molar-refractivity contribution is 5.81. The first-order chi connectivity index (χ1) is 13.1. The fraction of sp³-hybridized carbons (Fsp3) is 0.391. The van der Waals surface area contributed by atoms with Gasteiger partial charge in [-0.15, -0.1) is 0 Å². The van der Waals surface area contributed by atoms with Crippen LogP contribution in [0.2, 0.25) is 0 Å². The fourth-order valence-electron chi connectivity index (χ4n) is 4.67. The van der Waals surface area contributed by atoms with Crippen molar-refractivity contribution in [3.05, 3.63) is 59.7 Å². The number of Topliss-reactive ketones (excluding diaryl/α,β-unsaturated/α-hetero) is 1. The summed E-state index contributed by atoms with van der Waals surface area (Å²) in [6.45, 7) is 0.444. The summed E-state index contributed by atoms with van der Waals surface area (Å²) in [6.07, 6.45) is 2.76. The Morgan fingerprint density at radius 3 is 2.41 bits per heavy atom. The summed E-state index contributed by atoms with van der Waals surface area (Å²) in [6, 6.07) is 18.3. The third-order valence-corrected chi connectivity index (χ3v) is 6.04. The Kier molecular flexibility index (Phi) is 4.61. The molecule has 0 amide bonds. The Hall–Kier alpha value is -2.80. The number of hydrogen-bond donors (Lipinski definition) is 0. The molecule has 3 atom stereocenters. The Balaban J connectivity index is 1.60. The molecule has 0 bridgehead atoms. The highest BCUT2D eigenvalue weighted by atomic mass is 16.5. The number of nitriles is 1. The highest BCUT2D eigenvalue weighted by Gasteiger charge is 2.50. The predicted molar refractivity (Wildman–Crippen MR) is 102 cm³/mol. The molecular formula is C23H23NO3. The first-order valence-electron chi connectivity index (χ1n) is 9.42. The summed E-state index contributed by atoms with van der Waals surface area (Å²) in [4.78, 5) is 11.7. The molecule has 2 aliphatic carbocycles. The van der Waals surface area contributed by atoms with Gasteiger partial charge in [0.1, 0.15) is 12.4 Å². The SMILES string of the molecule is COc1ccc(C2(C#N)C[C@H]3CC(=O)C[C@H]3C2)cc1OCc1ccccc1. The van der Waals surface area contributed by atoms with Crippen LogP contribution in [-0.2, 0) is 16.8 Å². The van der Waals surface area contributed by atoms with Gasteiger partial charge in [-0.1, -0.05) is 36.4 Å². The minimum atomic E-state index is -0.535. The van der Waals surface area contributed by atoms with E-state index in [1.165, 1.54) is 0 Å². The molecule has 4 nitrogen and oxygen atoms in total. The van der Waals surface area contributed by atoms with E-state index in [4.69, 9.17) is 9.47 Å². The topological polar surface area (TPSA) is 59.3 Å². The smallest absolute Gasteiger partial charge is 0.161 e. The molecule has 138 valence electrons. The minimum absolute atomic E-state index is 0.341. The van der Waals surface area contributed by atoms with Crippen molar-refractivity contribution in [1.82, 2.24) is 0 Å². The standard InChI is InChI=1S/C23H23NO3/c1-26-21-8-7-19(11-22(21)27-14-16-5-3-2-4-6-16)23(15-24)12-17-9-20(25)10-18(17)13-23/h2-8,11,17-18H,9-10,12-14H2,1H3/t17-,18+,23?. The number of methoxy groups -OCH3 is 1. The molecule has 0 heterocycles. The number of nitrogens with zero attached hydrogens (tertiary/aromatic N) is 1. The van der Waals surface area contributed by atoms with Crippen molar-refractivity contribution in [3.63, 3.8) is 0 Å². The van der Waals surface area contributed by atoms with Gasteiger partial charge in [0.25, 0.3) is 0 Å². The molecule has 0 spiro atoms. The van der Waals surface area contributed by atoms with Crippen LogP contribution in [0.5, 0.6) is 11.5 Å². The maximum atomic E-state index is 11.7. The molecule has 0 saturated heterocycles. The highest BCUT2D eigenvalue weighted by Crippen LogP contribution is 2.53. The van der Waals surface area contributed by atoms with Gasteiger partial charge in [0, 0.05) is 12.8 Å². The van der Waals surface area contributed by atoms with Crippen molar-refractivity contribution in [1.29, 1.82) is 5.26 Å². The van der Waals surface area contributed by atoms with E-state index >= 15 is 0 Å². The molecular weight excluding hydrogens is 338 g/mol. The summed E-state index contributed by atoms with van der Waals surface area (Å²) in [5.74, 6) is 2.34. The normalized spacial score (nSPS) is 26.4. The molecule has 4 rings (SSSR count). The molecule has 1 unspecified atom stereocenters. The van der Waals surface area contributed by atoms with E-state index in [1.807, 2.05) is 48.5 Å². The quantitative estimate of drug-likeness (QED) is 0.791. The maximum absolute atomic E-state index is 11.7. The molecule has 0 aromatic heterocycles. The number of ketones is 1. The van der Waals surface area contributed by atoms with Gasteiger partial charge in [0.15, 0.2) is 11.5 Å². The van der Waals surface area contributed by atoms with Crippen LogP contribution in [0.25, 0.3) is 0 Å². The van der Waals surface area contributed by atoms with Crippen LogP contribution in [0.4, 0.5) is 0 Å². The Morgan fingerprint density at radius 2 is 1.78 bits per heavy atom. The molecule has 2 fully saturated rings. The lowest BCUT2D eigenvalue weighted by molar-refractivity contribution is -0.117. The van der Waals surface area contributed by atoms with Gasteiger partial charge in [-0.25, -0.2) is 0 Å². The molecule has 27 heavy (non-hydrogen) atoms. The third kappa shape index (κ3) is 3.30. The van der Waals surface area contributed by atoms with Gasteiger partial charge in [0.2, 0.25) is 0 Å². The van der Waals surface area contributed by atoms with Crippen molar-refractivity contribution in [2.45, 2.75) is 37.7 Å². The number of carbonyl (C=O) groups excluding carboxylic acids is 1. The van der Waals surface area contributed by atoms with Gasteiger partial charge in [-0.2, -0.15) is 5.26 Å². The van der Waals surface area contributed by atoms with Crippen molar-refractivity contribution >= 4 is 5.78 Å². The molecule has 2 aromatic rings. The zero-order valence-electron chi connectivity index (χ0n) is 15.5. The molecule has 0 radical (unpaired) electrons. The molecule has 2 aromatic carbocycles. The van der Waals surface area contributed by atoms with Gasteiger partial charge in [0.05, 0.1) is 18.6 Å². The second-order valence-electron chi connectivity index (χ2n) is 7.71. The Bertz CT molecular complexity index is 868. The van der Waals surface area contributed by atoms with E-state index in [2.05, 4.69) is 6.07 Å². The summed E-state index contributed by atoms with van der Waals surface area (Å²) in [5.41, 5.74) is 1.51. The zero-order valence-corrected chi connectivity index (χ0v) is 15.5. The van der Waals surface area contributed by atoms with Crippen LogP contribution in [0, 0.1) is 23.2 Å². The number of carbonyl (C=O) groups is 1. The summed E-state index contributed by atoms with van der Waals surface area (Å²) >= 11 is 0. The van der Waals surface area contributed by atoms with Gasteiger partial charge in [-0.3, -0.25) is 4.79 Å². The van der Waals surface area contributed by atoms with Crippen LogP contribution >= 0.6 is 0 Å². The second-order valence-corrected chi connectivity index (χ2v) is 7.71. The minimum Gasteiger partial charge on any atom is -0.493 e. The zero-order chi connectivity index (χ0) is 18.9. The van der Waals surface area contributed by atoms with E-state index in [0.717, 1.165) is 24.0 Å². The molecule has 2 saturated carbocycles. The van der Waals surface area contributed by atoms with E-state index < -0.39 is 5.41 Å². The number of ether oxygens (including phenoxy) is 2. The molecule has 4 heteroatoms. The van der Waals surface area contributed by atoms with Crippen LogP contribution in [0.15, 0.2) is 48.5 Å². The Labute approximate surface area is 159 Å². The van der Waals surface area contributed by atoms with Crippen LogP contribution in [0.3, 0.4) is 0 Å². The largest absolute Gasteiger partial charge is 0.493 e. The van der Waals surface area contributed by atoms with Gasteiger partial charge < -0.3 is 9.47 Å². The van der Waals surface area contributed by atoms with Crippen molar-refractivity contribution in [3.8, 4) is 17.6 Å². The second kappa shape index (κ2) is 7.08. The monoisotopic (exact) mass is 361 g/mol. The average Bonchev–Trinajstić information content (AvgIpc) is 3.21. The molecule has 0 aliphatic heterocycles. The Morgan fingerprint density at radius 1 is 1.07 bits per heavy atom. The summed E-state index contributed by atoms with van der Waals surface area (Å²) in [5, 5.41) is 10.0. The number of hydrogen-bond acceptors (Lipinski definition) is 4. The van der Waals surface area contributed by atoms with E-state index in [-0.39, 0.29) is 0 Å². The van der Waals surface area contributed by atoms with Gasteiger partial charge in [-0.05, 0) is 47.9 Å². The van der Waals surface area contributed by atoms with Crippen LogP contribution < -0.4 is 9.47 Å². The van der Waals surface area contributed by atoms with E-state index in [1.54, 1.807) is 7.11 Å². The lowest BCUT2D eigenvalue weighted by atomic mass is 9.78. The van der Waals surface area contributed by atoms with Crippen molar-refractivity contribution in [2.75, 3.05) is 7.11 Å². The van der Waals surface area contributed by atoms with Gasteiger partial charge >= 0.3 is 0 Å². The fourth-order valence-corrected chi connectivity index (χ4v) is 4.67. The maximum Gasteiger partial charge on any atom is 0.161 e. The van der Waals surface area contributed by atoms with E-state index in [9.17, 15) is 10.1 Å². The van der Waals surface area contributed by atoms with Crippen molar-refractivity contribution in [2.24, 2.45) is 11.8 Å². The number of fused-ring (bicyclic) bond motifs is 1. The summed E-state index contributed by atoms with van der Waals surface area (Å²) < 4.78 is 11.5. The first-order valence-corrected chi connectivity index (χ1v) is 9.42. The lowest BCUT2D eigenvalue weighted by Gasteiger charge is -2.24. The first kappa shape index (κ1) is 17.6. The summed E-state index contributed by atoms with van der Waals surface area (Å²) in [7, 11) is 1.62. The number of rotatable bonds is 5. The molecule has 0 N–H and O–H groups in total. The van der Waals surface area contributed by atoms with Crippen molar-refractivity contribution < 1.29 is 14.3 Å². The number of benzene rings is 2.